The molecule has 1 aromatic rings. The zero-order valence-corrected chi connectivity index (χ0v) is 11.8. The van der Waals surface area contributed by atoms with Gasteiger partial charge in [0.25, 0.3) is 0 Å². The van der Waals surface area contributed by atoms with Crippen LogP contribution in [0, 0.1) is 13.8 Å². The second kappa shape index (κ2) is 6.32. The van der Waals surface area contributed by atoms with Gasteiger partial charge in [-0.15, -0.1) is 0 Å². The van der Waals surface area contributed by atoms with Crippen LogP contribution in [0.4, 0.5) is 0 Å². The molecule has 0 amide bonds. The lowest BCUT2D eigenvalue weighted by molar-refractivity contribution is 0.219. The summed E-state index contributed by atoms with van der Waals surface area (Å²) in [6.07, 6.45) is 0. The van der Waals surface area contributed by atoms with Crippen molar-refractivity contribution in [1.29, 1.82) is 0 Å². The van der Waals surface area contributed by atoms with Gasteiger partial charge in [0.1, 0.15) is 0 Å². The van der Waals surface area contributed by atoms with Crippen LogP contribution in [0.3, 0.4) is 0 Å². The minimum Gasteiger partial charge on any atom is -0.314 e. The molecule has 0 aliphatic carbocycles. The first-order valence-corrected chi connectivity index (χ1v) is 6.88. The number of nitrogens with one attached hydrogen (secondary N) is 2. The molecular weight excluding hydrogens is 222 g/mol. The molecule has 3 nitrogen and oxygen atoms in total. The minimum atomic E-state index is 0.433. The highest BCUT2D eigenvalue weighted by Gasteiger charge is 2.17. The molecule has 1 aliphatic rings. The zero-order chi connectivity index (χ0) is 13.0. The Labute approximate surface area is 111 Å². The van der Waals surface area contributed by atoms with E-state index in [1.54, 1.807) is 0 Å². The molecule has 0 spiro atoms. The summed E-state index contributed by atoms with van der Waals surface area (Å²) in [5.74, 6) is 0. The summed E-state index contributed by atoms with van der Waals surface area (Å²) in [6.45, 7) is 10.0. The number of hydrogen-bond donors (Lipinski definition) is 2. The van der Waals surface area contributed by atoms with Gasteiger partial charge in [-0.3, -0.25) is 4.90 Å². The summed E-state index contributed by atoms with van der Waals surface area (Å²) in [4.78, 5) is 2.54. The summed E-state index contributed by atoms with van der Waals surface area (Å²) in [6, 6.07) is 7.17. The molecule has 1 aromatic carbocycles. The van der Waals surface area contributed by atoms with Crippen molar-refractivity contribution in [3.05, 3.63) is 34.9 Å². The molecule has 1 saturated heterocycles. The van der Waals surface area contributed by atoms with Crippen LogP contribution in [-0.2, 0) is 0 Å². The van der Waals surface area contributed by atoms with Gasteiger partial charge < -0.3 is 10.6 Å². The van der Waals surface area contributed by atoms with Gasteiger partial charge in [-0.25, -0.2) is 0 Å². The summed E-state index contributed by atoms with van der Waals surface area (Å²) in [7, 11) is 2.06. The van der Waals surface area contributed by atoms with Crippen molar-refractivity contribution in [2.45, 2.75) is 19.9 Å². The lowest BCUT2D eigenvalue weighted by atomic mass is 9.98. The second-order valence-electron chi connectivity index (χ2n) is 5.25. The Morgan fingerprint density at radius 3 is 2.67 bits per heavy atom. The maximum Gasteiger partial charge on any atom is 0.0449 e. The number of rotatable bonds is 4. The molecule has 1 heterocycles. The van der Waals surface area contributed by atoms with Crippen LogP contribution in [-0.4, -0.2) is 44.7 Å². The predicted molar refractivity (Wildman–Crippen MR) is 77.0 cm³/mol. The van der Waals surface area contributed by atoms with E-state index in [4.69, 9.17) is 0 Å². The Morgan fingerprint density at radius 1 is 1.28 bits per heavy atom. The first-order valence-electron chi connectivity index (χ1n) is 6.88. The van der Waals surface area contributed by atoms with Crippen molar-refractivity contribution in [1.82, 2.24) is 15.5 Å². The summed E-state index contributed by atoms with van der Waals surface area (Å²) in [5, 5.41) is 6.88. The zero-order valence-electron chi connectivity index (χ0n) is 11.8. The predicted octanol–water partition coefficient (Wildman–Crippen LogP) is 1.47. The minimum absolute atomic E-state index is 0.433. The van der Waals surface area contributed by atoms with Crippen molar-refractivity contribution in [3.63, 3.8) is 0 Å². The van der Waals surface area contributed by atoms with E-state index < -0.39 is 0 Å². The third-order valence-electron chi connectivity index (χ3n) is 3.81. The highest BCUT2D eigenvalue weighted by molar-refractivity contribution is 5.33. The van der Waals surface area contributed by atoms with Crippen molar-refractivity contribution >= 4 is 0 Å². The van der Waals surface area contributed by atoms with E-state index in [9.17, 15) is 0 Å². The van der Waals surface area contributed by atoms with Gasteiger partial charge in [0.2, 0.25) is 0 Å². The summed E-state index contributed by atoms with van der Waals surface area (Å²) >= 11 is 0. The average molecular weight is 247 g/mol. The van der Waals surface area contributed by atoms with Crippen LogP contribution < -0.4 is 10.6 Å². The van der Waals surface area contributed by atoms with Gasteiger partial charge in [-0.05, 0) is 32.0 Å². The normalized spacial score (nSPS) is 18.8. The fourth-order valence-electron chi connectivity index (χ4n) is 2.63. The van der Waals surface area contributed by atoms with E-state index in [0.29, 0.717) is 6.04 Å². The van der Waals surface area contributed by atoms with Gasteiger partial charge >= 0.3 is 0 Å². The fourth-order valence-corrected chi connectivity index (χ4v) is 2.63. The third kappa shape index (κ3) is 3.31. The van der Waals surface area contributed by atoms with Crippen molar-refractivity contribution in [2.75, 3.05) is 39.8 Å². The smallest absolute Gasteiger partial charge is 0.0449 e. The lowest BCUT2D eigenvalue weighted by Crippen LogP contribution is -2.46. The molecule has 1 unspecified atom stereocenters. The Bertz CT molecular complexity index is 383. The summed E-state index contributed by atoms with van der Waals surface area (Å²) < 4.78 is 0. The maximum atomic E-state index is 3.47. The van der Waals surface area contributed by atoms with Crippen molar-refractivity contribution in [3.8, 4) is 0 Å². The molecule has 2 N–H and O–H groups in total. The van der Waals surface area contributed by atoms with Crippen LogP contribution in [0.1, 0.15) is 22.7 Å². The first kappa shape index (κ1) is 13.5. The maximum absolute atomic E-state index is 3.47. The Balaban J connectivity index is 2.09. The molecular formula is C15H25N3. The highest BCUT2D eigenvalue weighted by Crippen LogP contribution is 2.20. The van der Waals surface area contributed by atoms with E-state index in [1.165, 1.54) is 16.7 Å². The molecule has 0 radical (unpaired) electrons. The number of piperazine rings is 1. The van der Waals surface area contributed by atoms with Gasteiger partial charge in [-0.1, -0.05) is 23.8 Å². The first-order chi connectivity index (χ1) is 8.70. The molecule has 0 aromatic heterocycles. The standard InChI is InChI=1S/C15H25N3/c1-12-4-5-13(2)14(10-12)15(16-3)11-18-8-6-17-7-9-18/h4-5,10,15-17H,6-9,11H2,1-3H3. The highest BCUT2D eigenvalue weighted by atomic mass is 15.2. The third-order valence-corrected chi connectivity index (χ3v) is 3.81. The van der Waals surface area contributed by atoms with Gasteiger partial charge in [0.05, 0.1) is 0 Å². The van der Waals surface area contributed by atoms with Gasteiger partial charge in [0, 0.05) is 38.8 Å². The van der Waals surface area contributed by atoms with E-state index in [-0.39, 0.29) is 0 Å². The quantitative estimate of drug-likeness (QED) is 0.844. The van der Waals surface area contributed by atoms with E-state index in [0.717, 1.165) is 32.7 Å². The monoisotopic (exact) mass is 247 g/mol. The van der Waals surface area contributed by atoms with Crippen LogP contribution in [0.25, 0.3) is 0 Å². The van der Waals surface area contributed by atoms with Gasteiger partial charge in [0.15, 0.2) is 0 Å². The molecule has 3 heteroatoms. The second-order valence-corrected chi connectivity index (χ2v) is 5.25. The van der Waals surface area contributed by atoms with E-state index >= 15 is 0 Å². The fraction of sp³-hybridized carbons (Fsp3) is 0.600. The average Bonchev–Trinajstić information content (AvgIpc) is 2.40. The number of benzene rings is 1. The molecule has 100 valence electrons. The Hall–Kier alpha value is -0.900. The Morgan fingerprint density at radius 2 is 2.00 bits per heavy atom. The topological polar surface area (TPSA) is 27.3 Å². The molecule has 0 bridgehead atoms. The molecule has 1 aliphatic heterocycles. The van der Waals surface area contributed by atoms with E-state index in [2.05, 4.69) is 54.6 Å². The Kier molecular flexibility index (Phi) is 4.75. The largest absolute Gasteiger partial charge is 0.314 e. The van der Waals surface area contributed by atoms with E-state index in [1.807, 2.05) is 0 Å². The molecule has 1 fully saturated rings. The van der Waals surface area contributed by atoms with Crippen molar-refractivity contribution in [2.24, 2.45) is 0 Å². The lowest BCUT2D eigenvalue weighted by Gasteiger charge is -2.31. The molecule has 0 saturated carbocycles. The van der Waals surface area contributed by atoms with Crippen LogP contribution in [0.5, 0.6) is 0 Å². The van der Waals surface area contributed by atoms with Crippen molar-refractivity contribution < 1.29 is 0 Å². The van der Waals surface area contributed by atoms with Crippen LogP contribution in [0.2, 0.25) is 0 Å². The number of aryl methyl sites for hydroxylation is 2. The molecule has 2 rings (SSSR count). The number of hydrogen-bond acceptors (Lipinski definition) is 3. The number of nitrogens with zero attached hydrogens (tertiary/aromatic N) is 1. The molecule has 18 heavy (non-hydrogen) atoms. The number of likely N-dealkylation sites (N-methyl/N-ethyl adjacent to an activating group) is 1. The SMILES string of the molecule is CNC(CN1CCNCC1)c1cc(C)ccc1C. The molecule has 1 atom stereocenters. The summed E-state index contributed by atoms with van der Waals surface area (Å²) in [5.41, 5.74) is 4.17. The van der Waals surface area contributed by atoms with Gasteiger partial charge in [-0.2, -0.15) is 0 Å². The van der Waals surface area contributed by atoms with Crippen LogP contribution >= 0.6 is 0 Å². The van der Waals surface area contributed by atoms with Crippen LogP contribution in [0.15, 0.2) is 18.2 Å².